The Bertz CT molecular complexity index is 478. The molecule has 2 N–H and O–H groups in total. The average Bonchev–Trinajstić information content (AvgIpc) is 3.11. The number of rotatable bonds is 3. The van der Waals surface area contributed by atoms with Crippen LogP contribution in [0.1, 0.15) is 31.0 Å². The van der Waals surface area contributed by atoms with E-state index in [1.54, 1.807) is 14.0 Å². The fourth-order valence-corrected chi connectivity index (χ4v) is 2.73. The van der Waals surface area contributed by atoms with Crippen molar-refractivity contribution >= 4 is 29.9 Å². The Morgan fingerprint density at radius 1 is 1.45 bits per heavy atom. The van der Waals surface area contributed by atoms with Gasteiger partial charge in [-0.05, 0) is 26.2 Å². The van der Waals surface area contributed by atoms with Gasteiger partial charge in [0.15, 0.2) is 11.8 Å². The van der Waals surface area contributed by atoms with Gasteiger partial charge in [-0.25, -0.2) is 0 Å². The number of nitrogens with one attached hydrogen (secondary N) is 2. The van der Waals surface area contributed by atoms with Crippen molar-refractivity contribution in [3.8, 4) is 0 Å². The number of fused-ring (bicyclic) bond motifs is 2. The van der Waals surface area contributed by atoms with E-state index in [2.05, 4.69) is 25.8 Å². The van der Waals surface area contributed by atoms with Crippen LogP contribution in [0.2, 0.25) is 0 Å². The van der Waals surface area contributed by atoms with E-state index < -0.39 is 0 Å². The van der Waals surface area contributed by atoms with Crippen LogP contribution in [0, 0.1) is 6.92 Å². The van der Waals surface area contributed by atoms with Crippen molar-refractivity contribution in [2.24, 2.45) is 4.99 Å². The highest BCUT2D eigenvalue weighted by molar-refractivity contribution is 14.0. The summed E-state index contributed by atoms with van der Waals surface area (Å²) in [5.74, 6) is 1.95. The number of nitrogens with zero attached hydrogens (tertiary/aromatic N) is 3. The van der Waals surface area contributed by atoms with E-state index in [1.807, 2.05) is 0 Å². The molecule has 0 amide bonds. The first-order valence-electron chi connectivity index (χ1n) is 6.66. The smallest absolute Gasteiger partial charge is 0.246 e. The third kappa shape index (κ3) is 3.40. The largest absolute Gasteiger partial charge is 0.373 e. The lowest BCUT2D eigenvalue weighted by Gasteiger charge is -2.22. The summed E-state index contributed by atoms with van der Waals surface area (Å²) in [6.07, 6.45) is 4.15. The number of aryl methyl sites for hydroxylation is 1. The summed E-state index contributed by atoms with van der Waals surface area (Å²) in [6, 6.07) is 0.356. The highest BCUT2D eigenvalue weighted by Gasteiger charge is 2.41. The normalized spacial score (nSPS) is 28.3. The van der Waals surface area contributed by atoms with Crippen LogP contribution in [0.4, 0.5) is 0 Å². The number of aromatic nitrogens is 2. The second-order valence-corrected chi connectivity index (χ2v) is 5.02. The second kappa shape index (κ2) is 6.70. The van der Waals surface area contributed by atoms with Crippen LogP contribution < -0.4 is 10.6 Å². The Labute approximate surface area is 135 Å². The van der Waals surface area contributed by atoms with E-state index in [9.17, 15) is 0 Å². The molecule has 1 aromatic rings. The van der Waals surface area contributed by atoms with Crippen LogP contribution in [-0.2, 0) is 11.3 Å². The predicted molar refractivity (Wildman–Crippen MR) is 84.1 cm³/mol. The second-order valence-electron chi connectivity index (χ2n) is 5.02. The number of aliphatic imine (C=N–C) groups is 1. The maximum atomic E-state index is 5.81. The van der Waals surface area contributed by atoms with Crippen molar-refractivity contribution in [1.29, 1.82) is 0 Å². The maximum Gasteiger partial charge on any atom is 0.246 e. The molecule has 2 aliphatic heterocycles. The lowest BCUT2D eigenvalue weighted by molar-refractivity contribution is 0.0992. The van der Waals surface area contributed by atoms with Crippen LogP contribution in [0.15, 0.2) is 9.52 Å². The zero-order valence-corrected chi connectivity index (χ0v) is 14.0. The van der Waals surface area contributed by atoms with E-state index in [-0.39, 0.29) is 24.0 Å². The molecule has 2 aliphatic rings. The SMILES string of the molecule is CN=C(NCc1nc(C)no1)NC1CC2CCC1O2.I. The lowest BCUT2D eigenvalue weighted by atomic mass is 9.96. The molecule has 0 spiro atoms. The molecular formula is C12H20IN5O2. The molecule has 8 heteroatoms. The van der Waals surface area contributed by atoms with Crippen LogP contribution in [0.25, 0.3) is 0 Å². The summed E-state index contributed by atoms with van der Waals surface area (Å²) in [4.78, 5) is 8.35. The van der Waals surface area contributed by atoms with Crippen LogP contribution in [0.3, 0.4) is 0 Å². The predicted octanol–water partition coefficient (Wildman–Crippen LogP) is 0.981. The molecule has 0 aromatic carbocycles. The number of ether oxygens (including phenoxy) is 1. The van der Waals surface area contributed by atoms with Crippen molar-refractivity contribution < 1.29 is 9.26 Å². The number of guanidine groups is 1. The molecule has 3 heterocycles. The van der Waals surface area contributed by atoms with E-state index >= 15 is 0 Å². The summed E-state index contributed by atoms with van der Waals surface area (Å²) < 4.78 is 10.9. The van der Waals surface area contributed by atoms with Gasteiger partial charge < -0.3 is 19.9 Å². The Kier molecular flexibility index (Phi) is 5.19. The van der Waals surface area contributed by atoms with Crippen LogP contribution >= 0.6 is 24.0 Å². The van der Waals surface area contributed by atoms with Gasteiger partial charge in [0.05, 0.1) is 24.8 Å². The molecule has 7 nitrogen and oxygen atoms in total. The van der Waals surface area contributed by atoms with Gasteiger partial charge >= 0.3 is 0 Å². The minimum Gasteiger partial charge on any atom is -0.373 e. The molecule has 1 aromatic heterocycles. The van der Waals surface area contributed by atoms with Gasteiger partial charge in [0.25, 0.3) is 0 Å². The topological polar surface area (TPSA) is 84.6 Å². The van der Waals surface area contributed by atoms with Crippen LogP contribution in [0.5, 0.6) is 0 Å². The molecule has 2 saturated heterocycles. The van der Waals surface area contributed by atoms with Gasteiger partial charge in [-0.15, -0.1) is 24.0 Å². The minimum atomic E-state index is 0. The van der Waals surface area contributed by atoms with Gasteiger partial charge in [-0.3, -0.25) is 4.99 Å². The van der Waals surface area contributed by atoms with E-state index in [4.69, 9.17) is 9.26 Å². The van der Waals surface area contributed by atoms with Gasteiger partial charge in [-0.2, -0.15) is 4.98 Å². The molecule has 3 atom stereocenters. The average molecular weight is 393 g/mol. The quantitative estimate of drug-likeness (QED) is 0.453. The van der Waals surface area contributed by atoms with Crippen molar-refractivity contribution in [1.82, 2.24) is 20.8 Å². The molecule has 3 rings (SSSR count). The Morgan fingerprint density at radius 3 is 2.85 bits per heavy atom. The molecule has 2 fully saturated rings. The van der Waals surface area contributed by atoms with Gasteiger partial charge in [0, 0.05) is 7.05 Å². The van der Waals surface area contributed by atoms with Crippen molar-refractivity contribution in [3.05, 3.63) is 11.7 Å². The number of halogens is 1. The monoisotopic (exact) mass is 393 g/mol. The molecule has 0 aliphatic carbocycles. The van der Waals surface area contributed by atoms with E-state index in [0.29, 0.717) is 36.5 Å². The number of hydrogen-bond acceptors (Lipinski definition) is 5. The van der Waals surface area contributed by atoms with Gasteiger partial charge in [0.2, 0.25) is 5.89 Å². The summed E-state index contributed by atoms with van der Waals surface area (Å²) in [5, 5.41) is 10.3. The molecule has 112 valence electrons. The Hall–Kier alpha value is -0.900. The third-order valence-electron chi connectivity index (χ3n) is 3.63. The fraction of sp³-hybridized carbons (Fsp3) is 0.750. The lowest BCUT2D eigenvalue weighted by Crippen LogP contribution is -2.47. The highest BCUT2D eigenvalue weighted by atomic mass is 127. The van der Waals surface area contributed by atoms with Gasteiger partial charge in [-0.1, -0.05) is 5.16 Å². The first kappa shape index (κ1) is 15.5. The first-order valence-corrected chi connectivity index (χ1v) is 6.66. The zero-order valence-electron chi connectivity index (χ0n) is 11.6. The molecule has 0 radical (unpaired) electrons. The standard InChI is InChI=1S/C12H19N5O2.HI/c1-7-15-11(19-17-7)6-14-12(13-2)16-9-5-8-3-4-10(9)18-8;/h8-10H,3-6H2,1-2H3,(H2,13,14,16);1H. The third-order valence-corrected chi connectivity index (χ3v) is 3.63. The summed E-state index contributed by atoms with van der Waals surface area (Å²) in [5.41, 5.74) is 0. The molecule has 3 unspecified atom stereocenters. The van der Waals surface area contributed by atoms with Crippen molar-refractivity contribution in [2.75, 3.05) is 7.05 Å². The zero-order chi connectivity index (χ0) is 13.2. The molecular weight excluding hydrogens is 373 g/mol. The summed E-state index contributed by atoms with van der Waals surface area (Å²) >= 11 is 0. The highest BCUT2D eigenvalue weighted by Crippen LogP contribution is 2.34. The number of hydrogen-bond donors (Lipinski definition) is 2. The maximum absolute atomic E-state index is 5.81. The van der Waals surface area contributed by atoms with Gasteiger partial charge in [0.1, 0.15) is 0 Å². The Morgan fingerprint density at radius 2 is 2.30 bits per heavy atom. The van der Waals surface area contributed by atoms with Crippen molar-refractivity contribution in [3.63, 3.8) is 0 Å². The first-order chi connectivity index (χ1) is 9.24. The fourth-order valence-electron chi connectivity index (χ4n) is 2.73. The summed E-state index contributed by atoms with van der Waals surface area (Å²) in [7, 11) is 1.75. The Balaban J connectivity index is 0.00000147. The summed E-state index contributed by atoms with van der Waals surface area (Å²) in [6.45, 7) is 2.27. The molecule has 20 heavy (non-hydrogen) atoms. The molecule has 2 bridgehead atoms. The van der Waals surface area contributed by atoms with Crippen molar-refractivity contribution in [2.45, 2.75) is 51.0 Å². The van der Waals surface area contributed by atoms with E-state index in [0.717, 1.165) is 18.8 Å². The van der Waals surface area contributed by atoms with E-state index in [1.165, 1.54) is 6.42 Å². The molecule has 0 saturated carbocycles. The van der Waals surface area contributed by atoms with Crippen LogP contribution in [-0.4, -0.2) is 41.4 Å². The minimum absolute atomic E-state index is 0.